The van der Waals surface area contributed by atoms with Gasteiger partial charge >= 0.3 is 0 Å². The highest BCUT2D eigenvalue weighted by Gasteiger charge is 2.39. The minimum absolute atomic E-state index is 0.0851. The minimum atomic E-state index is 0.0851. The lowest BCUT2D eigenvalue weighted by Crippen LogP contribution is -2.30. The molecule has 2 saturated heterocycles. The number of halogens is 1. The maximum atomic E-state index is 12.3. The normalized spacial score (nSPS) is 27.2. The second kappa shape index (κ2) is 4.31. The van der Waals surface area contributed by atoms with E-state index in [1.165, 1.54) is 0 Å². The molecule has 1 amide bonds. The van der Waals surface area contributed by atoms with E-state index in [1.54, 1.807) is 12.1 Å². The molecule has 4 heteroatoms. The van der Waals surface area contributed by atoms with Crippen LogP contribution in [0.5, 0.6) is 0 Å². The van der Waals surface area contributed by atoms with Crippen LogP contribution in [0, 0.1) is 11.8 Å². The first-order chi connectivity index (χ1) is 8.24. The van der Waals surface area contributed by atoms with Crippen molar-refractivity contribution in [3.05, 3.63) is 34.9 Å². The van der Waals surface area contributed by atoms with Crippen LogP contribution < -0.4 is 0 Å². The van der Waals surface area contributed by atoms with Crippen molar-refractivity contribution in [1.29, 1.82) is 0 Å². The SMILES string of the molecule is O=C(c1cccc(Cl)c1)N1CC2COCC2C1. The van der Waals surface area contributed by atoms with Crippen molar-refractivity contribution < 1.29 is 9.53 Å². The highest BCUT2D eigenvalue weighted by atomic mass is 35.5. The fourth-order valence-electron chi connectivity index (χ4n) is 2.66. The zero-order valence-corrected chi connectivity index (χ0v) is 10.2. The fraction of sp³-hybridized carbons (Fsp3) is 0.462. The molecule has 2 atom stereocenters. The molecule has 0 radical (unpaired) electrons. The molecule has 0 saturated carbocycles. The average Bonchev–Trinajstić information content (AvgIpc) is 2.88. The lowest BCUT2D eigenvalue weighted by Gasteiger charge is -2.17. The summed E-state index contributed by atoms with van der Waals surface area (Å²) in [5.74, 6) is 1.14. The predicted octanol–water partition coefficient (Wildman–Crippen LogP) is 2.06. The van der Waals surface area contributed by atoms with Crippen LogP contribution in [0.4, 0.5) is 0 Å². The molecule has 2 fully saturated rings. The number of rotatable bonds is 1. The van der Waals surface area contributed by atoms with Gasteiger partial charge in [-0.2, -0.15) is 0 Å². The Balaban J connectivity index is 1.75. The monoisotopic (exact) mass is 251 g/mol. The molecule has 1 aromatic carbocycles. The molecule has 2 heterocycles. The molecule has 0 aliphatic carbocycles. The Hall–Kier alpha value is -1.06. The van der Waals surface area contributed by atoms with Crippen LogP contribution in [0.15, 0.2) is 24.3 Å². The van der Waals surface area contributed by atoms with Crippen molar-refractivity contribution in [1.82, 2.24) is 4.90 Å². The average molecular weight is 252 g/mol. The molecule has 3 nitrogen and oxygen atoms in total. The number of benzene rings is 1. The summed E-state index contributed by atoms with van der Waals surface area (Å²) >= 11 is 5.90. The third kappa shape index (κ3) is 2.05. The lowest BCUT2D eigenvalue weighted by atomic mass is 10.0. The molecule has 17 heavy (non-hydrogen) atoms. The van der Waals surface area contributed by atoms with Gasteiger partial charge in [0.05, 0.1) is 13.2 Å². The number of carbonyl (C=O) groups excluding carboxylic acids is 1. The zero-order valence-electron chi connectivity index (χ0n) is 9.43. The Labute approximate surface area is 105 Å². The summed E-state index contributed by atoms with van der Waals surface area (Å²) in [7, 11) is 0. The molecule has 2 unspecified atom stereocenters. The quantitative estimate of drug-likeness (QED) is 0.765. The molecule has 2 aliphatic heterocycles. The molecule has 2 aliphatic rings. The van der Waals surface area contributed by atoms with E-state index >= 15 is 0 Å². The molecule has 0 spiro atoms. The maximum Gasteiger partial charge on any atom is 0.253 e. The molecule has 1 aromatic rings. The van der Waals surface area contributed by atoms with Gasteiger partial charge in [-0.25, -0.2) is 0 Å². The molecule has 0 N–H and O–H groups in total. The van der Waals surface area contributed by atoms with Crippen LogP contribution in [-0.4, -0.2) is 37.1 Å². The van der Waals surface area contributed by atoms with E-state index in [9.17, 15) is 4.79 Å². The maximum absolute atomic E-state index is 12.3. The number of hydrogen-bond acceptors (Lipinski definition) is 2. The minimum Gasteiger partial charge on any atom is -0.381 e. The number of ether oxygens (including phenoxy) is 1. The Morgan fingerprint density at radius 2 is 2.00 bits per heavy atom. The Bertz CT molecular complexity index is 437. The van der Waals surface area contributed by atoms with Gasteiger partial charge in [0, 0.05) is 35.5 Å². The smallest absolute Gasteiger partial charge is 0.253 e. The summed E-state index contributed by atoms with van der Waals surface area (Å²) in [5, 5.41) is 0.610. The molecular formula is C13H14ClNO2. The second-order valence-corrected chi connectivity index (χ2v) is 5.21. The molecule has 0 aromatic heterocycles. The lowest BCUT2D eigenvalue weighted by molar-refractivity contribution is 0.0751. The Kier molecular flexibility index (Phi) is 2.81. The summed E-state index contributed by atoms with van der Waals surface area (Å²) in [5.41, 5.74) is 0.679. The summed E-state index contributed by atoms with van der Waals surface area (Å²) in [6.07, 6.45) is 0. The Morgan fingerprint density at radius 3 is 2.65 bits per heavy atom. The summed E-state index contributed by atoms with van der Waals surface area (Å²) in [6, 6.07) is 7.15. The van der Waals surface area contributed by atoms with Gasteiger partial charge in [-0.1, -0.05) is 17.7 Å². The van der Waals surface area contributed by atoms with E-state index in [1.807, 2.05) is 17.0 Å². The summed E-state index contributed by atoms with van der Waals surface area (Å²) < 4.78 is 5.41. The molecule has 3 rings (SSSR count). The van der Waals surface area contributed by atoms with Gasteiger partial charge in [-0.3, -0.25) is 4.79 Å². The van der Waals surface area contributed by atoms with Crippen molar-refractivity contribution in [2.75, 3.05) is 26.3 Å². The molecule has 90 valence electrons. The van der Waals surface area contributed by atoms with Crippen molar-refractivity contribution in [3.8, 4) is 0 Å². The van der Waals surface area contributed by atoms with Crippen LogP contribution in [0.1, 0.15) is 10.4 Å². The van der Waals surface area contributed by atoms with E-state index in [2.05, 4.69) is 0 Å². The van der Waals surface area contributed by atoms with Gasteiger partial charge in [-0.05, 0) is 18.2 Å². The number of hydrogen-bond donors (Lipinski definition) is 0. The molecule has 0 bridgehead atoms. The van der Waals surface area contributed by atoms with Gasteiger partial charge in [0.25, 0.3) is 5.91 Å². The first-order valence-electron chi connectivity index (χ1n) is 5.86. The number of carbonyl (C=O) groups is 1. The van der Waals surface area contributed by atoms with E-state index in [0.717, 1.165) is 26.3 Å². The zero-order chi connectivity index (χ0) is 11.8. The van der Waals surface area contributed by atoms with Crippen LogP contribution in [-0.2, 0) is 4.74 Å². The topological polar surface area (TPSA) is 29.5 Å². The Morgan fingerprint density at radius 1 is 1.29 bits per heavy atom. The highest BCUT2D eigenvalue weighted by Crippen LogP contribution is 2.30. The highest BCUT2D eigenvalue weighted by molar-refractivity contribution is 6.30. The number of likely N-dealkylation sites (tertiary alicyclic amines) is 1. The first-order valence-corrected chi connectivity index (χ1v) is 6.24. The van der Waals surface area contributed by atoms with Crippen molar-refractivity contribution in [2.24, 2.45) is 11.8 Å². The van der Waals surface area contributed by atoms with E-state index in [0.29, 0.717) is 22.4 Å². The number of nitrogens with zero attached hydrogens (tertiary/aromatic N) is 1. The van der Waals surface area contributed by atoms with Crippen LogP contribution in [0.2, 0.25) is 5.02 Å². The van der Waals surface area contributed by atoms with Gasteiger partial charge in [0.1, 0.15) is 0 Å². The van der Waals surface area contributed by atoms with E-state index in [4.69, 9.17) is 16.3 Å². The second-order valence-electron chi connectivity index (χ2n) is 4.78. The van der Waals surface area contributed by atoms with E-state index < -0.39 is 0 Å². The van der Waals surface area contributed by atoms with Crippen molar-refractivity contribution in [2.45, 2.75) is 0 Å². The van der Waals surface area contributed by atoms with Gasteiger partial charge < -0.3 is 9.64 Å². The summed E-state index contributed by atoms with van der Waals surface area (Å²) in [6.45, 7) is 3.22. The molecular weight excluding hydrogens is 238 g/mol. The first kappa shape index (κ1) is 11.1. The van der Waals surface area contributed by atoms with Crippen molar-refractivity contribution in [3.63, 3.8) is 0 Å². The standard InChI is InChI=1S/C13H14ClNO2/c14-12-3-1-2-9(4-12)13(16)15-5-10-7-17-8-11(10)6-15/h1-4,10-11H,5-8H2. The number of fused-ring (bicyclic) bond motifs is 1. The third-order valence-corrected chi connectivity index (χ3v) is 3.83. The number of amides is 1. The van der Waals surface area contributed by atoms with Gasteiger partial charge in [0.15, 0.2) is 0 Å². The largest absolute Gasteiger partial charge is 0.381 e. The predicted molar refractivity (Wildman–Crippen MR) is 65.2 cm³/mol. The van der Waals surface area contributed by atoms with Crippen molar-refractivity contribution >= 4 is 17.5 Å². The van der Waals surface area contributed by atoms with Gasteiger partial charge in [0.2, 0.25) is 0 Å². The summed E-state index contributed by atoms with van der Waals surface area (Å²) in [4.78, 5) is 14.2. The van der Waals surface area contributed by atoms with Crippen LogP contribution >= 0.6 is 11.6 Å². The van der Waals surface area contributed by atoms with Crippen LogP contribution in [0.25, 0.3) is 0 Å². The third-order valence-electron chi connectivity index (χ3n) is 3.60. The fourth-order valence-corrected chi connectivity index (χ4v) is 2.85. The van der Waals surface area contributed by atoms with Gasteiger partial charge in [-0.15, -0.1) is 0 Å². The van der Waals surface area contributed by atoms with E-state index in [-0.39, 0.29) is 5.91 Å². The van der Waals surface area contributed by atoms with Crippen LogP contribution in [0.3, 0.4) is 0 Å².